The summed E-state index contributed by atoms with van der Waals surface area (Å²) in [4.78, 5) is 10.7. The van der Waals surface area contributed by atoms with Crippen LogP contribution in [0.4, 0.5) is 5.13 Å². The summed E-state index contributed by atoms with van der Waals surface area (Å²) >= 11 is 1.50. The first kappa shape index (κ1) is 10.9. The minimum Gasteiger partial charge on any atom is -0.363 e. The van der Waals surface area contributed by atoms with E-state index >= 15 is 0 Å². The topological polar surface area (TPSA) is 66.9 Å². The normalized spacial score (nSPS) is 12.2. The Hall–Kier alpha value is -1.17. The second-order valence-electron chi connectivity index (χ2n) is 3.06. The monoisotopic (exact) mass is 214 g/mol. The Morgan fingerprint density at radius 3 is 2.79 bits per heavy atom. The number of anilines is 1. The summed E-state index contributed by atoms with van der Waals surface area (Å²) in [5, 5.41) is 15.3. The molecule has 0 aliphatic rings. The second kappa shape index (κ2) is 4.90. The first-order chi connectivity index (χ1) is 6.61. The van der Waals surface area contributed by atoms with Crippen LogP contribution < -0.4 is 10.6 Å². The molecule has 78 valence electrons. The zero-order chi connectivity index (χ0) is 10.6. The maximum Gasteiger partial charge on any atom is 0.217 e. The van der Waals surface area contributed by atoms with Crippen molar-refractivity contribution in [2.75, 3.05) is 12.4 Å². The molecule has 1 aromatic heterocycles. The highest BCUT2D eigenvalue weighted by atomic mass is 32.1. The SMILES string of the molecule is CNc1nnc(CC(C)NC(C)=O)s1. The number of carbonyl (C=O) groups excluding carboxylic acids is 1. The van der Waals surface area contributed by atoms with E-state index in [1.165, 1.54) is 18.3 Å². The lowest BCUT2D eigenvalue weighted by molar-refractivity contribution is -0.119. The maximum atomic E-state index is 10.7. The fourth-order valence-corrected chi connectivity index (χ4v) is 1.92. The van der Waals surface area contributed by atoms with E-state index in [4.69, 9.17) is 0 Å². The number of aromatic nitrogens is 2. The number of hydrogen-bond donors (Lipinski definition) is 2. The maximum absolute atomic E-state index is 10.7. The first-order valence-electron chi connectivity index (χ1n) is 4.39. The van der Waals surface area contributed by atoms with Crippen LogP contribution in [0.5, 0.6) is 0 Å². The summed E-state index contributed by atoms with van der Waals surface area (Å²) in [5.41, 5.74) is 0. The van der Waals surface area contributed by atoms with Gasteiger partial charge in [0.25, 0.3) is 0 Å². The molecule has 1 amide bonds. The predicted octanol–water partition coefficient (Wildman–Crippen LogP) is 0.647. The molecule has 1 unspecified atom stereocenters. The van der Waals surface area contributed by atoms with Crippen molar-refractivity contribution >= 4 is 22.4 Å². The van der Waals surface area contributed by atoms with Crippen LogP contribution in [-0.4, -0.2) is 29.2 Å². The molecule has 1 atom stereocenters. The van der Waals surface area contributed by atoms with Gasteiger partial charge in [0.2, 0.25) is 11.0 Å². The lowest BCUT2D eigenvalue weighted by Gasteiger charge is -2.09. The van der Waals surface area contributed by atoms with Crippen molar-refractivity contribution in [2.24, 2.45) is 0 Å². The van der Waals surface area contributed by atoms with Crippen LogP contribution in [0.3, 0.4) is 0 Å². The fourth-order valence-electron chi connectivity index (χ4n) is 1.10. The summed E-state index contributed by atoms with van der Waals surface area (Å²) in [6.45, 7) is 3.46. The van der Waals surface area contributed by atoms with Crippen LogP contribution in [0.2, 0.25) is 0 Å². The molecule has 0 radical (unpaired) electrons. The average molecular weight is 214 g/mol. The largest absolute Gasteiger partial charge is 0.363 e. The number of nitrogens with one attached hydrogen (secondary N) is 2. The molecule has 1 rings (SSSR count). The standard InChI is InChI=1S/C8H14N4OS/c1-5(10-6(2)13)4-7-11-12-8(9-3)14-7/h5H,4H2,1-3H3,(H,9,12)(H,10,13). The third kappa shape index (κ3) is 3.29. The predicted molar refractivity (Wildman–Crippen MR) is 56.4 cm³/mol. The Kier molecular flexibility index (Phi) is 3.82. The number of carbonyl (C=O) groups is 1. The van der Waals surface area contributed by atoms with E-state index in [0.29, 0.717) is 0 Å². The van der Waals surface area contributed by atoms with Gasteiger partial charge in [-0.15, -0.1) is 10.2 Å². The van der Waals surface area contributed by atoms with Crippen LogP contribution in [-0.2, 0) is 11.2 Å². The van der Waals surface area contributed by atoms with Gasteiger partial charge >= 0.3 is 0 Å². The molecule has 0 spiro atoms. The summed E-state index contributed by atoms with van der Waals surface area (Å²) in [6.07, 6.45) is 0.721. The molecular formula is C8H14N4OS. The molecule has 14 heavy (non-hydrogen) atoms. The molecule has 6 heteroatoms. The lowest BCUT2D eigenvalue weighted by atomic mass is 10.2. The molecule has 0 saturated carbocycles. The summed E-state index contributed by atoms with van der Waals surface area (Å²) in [7, 11) is 1.81. The summed E-state index contributed by atoms with van der Waals surface area (Å²) in [6, 6.07) is 0.102. The highest BCUT2D eigenvalue weighted by Crippen LogP contribution is 2.15. The van der Waals surface area contributed by atoms with Gasteiger partial charge in [-0.05, 0) is 6.92 Å². The minimum atomic E-state index is -0.0177. The van der Waals surface area contributed by atoms with E-state index in [0.717, 1.165) is 16.6 Å². The van der Waals surface area contributed by atoms with Gasteiger partial charge in [-0.25, -0.2) is 0 Å². The number of rotatable bonds is 4. The van der Waals surface area contributed by atoms with Crippen LogP contribution in [0.1, 0.15) is 18.9 Å². The molecule has 0 fully saturated rings. The Morgan fingerprint density at radius 2 is 2.29 bits per heavy atom. The van der Waals surface area contributed by atoms with Gasteiger partial charge in [0.15, 0.2) is 0 Å². The molecule has 0 aromatic carbocycles. The molecule has 0 aliphatic carbocycles. The lowest BCUT2D eigenvalue weighted by Crippen LogP contribution is -2.31. The molecule has 2 N–H and O–H groups in total. The van der Waals surface area contributed by atoms with Gasteiger partial charge in [-0.3, -0.25) is 4.79 Å². The van der Waals surface area contributed by atoms with Gasteiger partial charge < -0.3 is 10.6 Å². The number of hydrogen-bond acceptors (Lipinski definition) is 5. The molecule has 0 saturated heterocycles. The Balaban J connectivity index is 2.47. The van der Waals surface area contributed by atoms with Crippen LogP contribution in [0.25, 0.3) is 0 Å². The van der Waals surface area contributed by atoms with E-state index < -0.39 is 0 Å². The number of nitrogens with zero attached hydrogens (tertiary/aromatic N) is 2. The van der Waals surface area contributed by atoms with Crippen molar-refractivity contribution in [2.45, 2.75) is 26.3 Å². The van der Waals surface area contributed by atoms with Crippen molar-refractivity contribution < 1.29 is 4.79 Å². The summed E-state index contributed by atoms with van der Waals surface area (Å²) < 4.78 is 0. The van der Waals surface area contributed by atoms with Crippen molar-refractivity contribution in [3.8, 4) is 0 Å². The van der Waals surface area contributed by atoms with E-state index in [9.17, 15) is 4.79 Å². The molecule has 0 bridgehead atoms. The van der Waals surface area contributed by atoms with Gasteiger partial charge in [-0.1, -0.05) is 11.3 Å². The zero-order valence-electron chi connectivity index (χ0n) is 8.50. The highest BCUT2D eigenvalue weighted by Gasteiger charge is 2.08. The van der Waals surface area contributed by atoms with Crippen LogP contribution in [0, 0.1) is 0 Å². The Morgan fingerprint density at radius 1 is 1.57 bits per heavy atom. The van der Waals surface area contributed by atoms with Gasteiger partial charge in [0.1, 0.15) is 5.01 Å². The fraction of sp³-hybridized carbons (Fsp3) is 0.625. The minimum absolute atomic E-state index is 0.0177. The van der Waals surface area contributed by atoms with Crippen molar-refractivity contribution in [1.29, 1.82) is 0 Å². The third-order valence-corrected chi connectivity index (χ3v) is 2.57. The smallest absolute Gasteiger partial charge is 0.217 e. The molecule has 0 aliphatic heterocycles. The molecule has 5 nitrogen and oxygen atoms in total. The van der Waals surface area contributed by atoms with Gasteiger partial charge in [0.05, 0.1) is 0 Å². The Bertz CT molecular complexity index is 312. The first-order valence-corrected chi connectivity index (χ1v) is 5.20. The van der Waals surface area contributed by atoms with E-state index in [2.05, 4.69) is 20.8 Å². The average Bonchev–Trinajstić information content (AvgIpc) is 2.50. The van der Waals surface area contributed by atoms with Crippen LogP contribution >= 0.6 is 11.3 Å². The quantitative estimate of drug-likeness (QED) is 0.772. The van der Waals surface area contributed by atoms with Crippen molar-refractivity contribution in [3.05, 3.63) is 5.01 Å². The number of amides is 1. The third-order valence-electron chi connectivity index (χ3n) is 1.61. The second-order valence-corrected chi connectivity index (χ2v) is 4.12. The summed E-state index contributed by atoms with van der Waals surface area (Å²) in [5.74, 6) is -0.0177. The van der Waals surface area contributed by atoms with Crippen molar-refractivity contribution in [1.82, 2.24) is 15.5 Å². The Labute approximate surface area is 86.9 Å². The zero-order valence-corrected chi connectivity index (χ0v) is 9.31. The molecular weight excluding hydrogens is 200 g/mol. The van der Waals surface area contributed by atoms with Gasteiger partial charge in [0, 0.05) is 26.4 Å². The highest BCUT2D eigenvalue weighted by molar-refractivity contribution is 7.15. The molecule has 1 aromatic rings. The van der Waals surface area contributed by atoms with Crippen molar-refractivity contribution in [3.63, 3.8) is 0 Å². The van der Waals surface area contributed by atoms with Crippen LogP contribution in [0.15, 0.2) is 0 Å². The van der Waals surface area contributed by atoms with E-state index in [1.54, 1.807) is 0 Å². The van der Waals surface area contributed by atoms with Gasteiger partial charge in [-0.2, -0.15) is 0 Å². The molecule has 1 heterocycles. The van der Waals surface area contributed by atoms with E-state index in [1.807, 2.05) is 14.0 Å². The van der Waals surface area contributed by atoms with E-state index in [-0.39, 0.29) is 11.9 Å².